The first kappa shape index (κ1) is 11.8. The van der Waals surface area contributed by atoms with Crippen LogP contribution in [0.4, 0.5) is 5.82 Å². The molecule has 0 aliphatic heterocycles. The zero-order valence-corrected chi connectivity index (χ0v) is 10.0. The number of anilines is 1. The summed E-state index contributed by atoms with van der Waals surface area (Å²) in [5.41, 5.74) is 7.11. The standard InChI is InChI=1S/C12H12N4O2/c1-16-11(14)5-9(15-16)7-3-8(6-13)12(17)10(4-7)18-2/h3-5,17H,14H2,1-2H3. The maximum absolute atomic E-state index is 9.72. The second-order valence-electron chi connectivity index (χ2n) is 3.76. The second kappa shape index (κ2) is 4.30. The lowest BCUT2D eigenvalue weighted by Gasteiger charge is -2.06. The molecule has 2 rings (SSSR count). The van der Waals surface area contributed by atoms with Crippen LogP contribution in [0.3, 0.4) is 0 Å². The number of nitrogen functional groups attached to an aromatic ring is 1. The van der Waals surface area contributed by atoms with Crippen molar-refractivity contribution in [2.45, 2.75) is 0 Å². The molecule has 3 N–H and O–H groups in total. The Hall–Kier alpha value is -2.68. The lowest BCUT2D eigenvalue weighted by molar-refractivity contribution is 0.373. The Morgan fingerprint density at radius 1 is 1.44 bits per heavy atom. The summed E-state index contributed by atoms with van der Waals surface area (Å²) < 4.78 is 6.55. The van der Waals surface area contributed by atoms with E-state index in [0.717, 1.165) is 0 Å². The van der Waals surface area contributed by atoms with Gasteiger partial charge in [0.2, 0.25) is 0 Å². The first-order valence-corrected chi connectivity index (χ1v) is 5.17. The van der Waals surface area contributed by atoms with Crippen LogP contribution in [-0.4, -0.2) is 22.0 Å². The first-order valence-electron chi connectivity index (χ1n) is 5.17. The smallest absolute Gasteiger partial charge is 0.175 e. The summed E-state index contributed by atoms with van der Waals surface area (Å²) in [7, 11) is 3.15. The van der Waals surface area contributed by atoms with E-state index in [1.165, 1.54) is 11.8 Å². The number of ether oxygens (including phenoxy) is 1. The molecule has 0 fully saturated rings. The van der Waals surface area contributed by atoms with Crippen LogP contribution < -0.4 is 10.5 Å². The maximum atomic E-state index is 9.72. The topological polar surface area (TPSA) is 97.1 Å². The molecular weight excluding hydrogens is 232 g/mol. The summed E-state index contributed by atoms with van der Waals surface area (Å²) in [5.74, 6) is 0.566. The van der Waals surface area contributed by atoms with E-state index in [1.807, 2.05) is 6.07 Å². The van der Waals surface area contributed by atoms with E-state index < -0.39 is 0 Å². The molecule has 0 spiro atoms. The molecule has 6 nitrogen and oxygen atoms in total. The van der Waals surface area contributed by atoms with Crippen LogP contribution in [0.2, 0.25) is 0 Å². The van der Waals surface area contributed by atoms with E-state index in [-0.39, 0.29) is 17.1 Å². The molecular formula is C12H12N4O2. The van der Waals surface area contributed by atoms with Gasteiger partial charge in [-0.25, -0.2) is 0 Å². The SMILES string of the molecule is COc1cc(-c2cc(N)n(C)n2)cc(C#N)c1O. The first-order chi connectivity index (χ1) is 8.56. The number of hydrogen-bond donors (Lipinski definition) is 2. The Bertz CT molecular complexity index is 621. The second-order valence-corrected chi connectivity index (χ2v) is 3.76. The number of aromatic nitrogens is 2. The molecule has 0 radical (unpaired) electrons. The highest BCUT2D eigenvalue weighted by Crippen LogP contribution is 2.34. The van der Waals surface area contributed by atoms with Gasteiger partial charge in [0.1, 0.15) is 11.9 Å². The Kier molecular flexibility index (Phi) is 2.81. The van der Waals surface area contributed by atoms with Crippen LogP contribution in [0.1, 0.15) is 5.56 Å². The molecule has 2 aromatic rings. The third-order valence-electron chi connectivity index (χ3n) is 2.63. The van der Waals surface area contributed by atoms with Crippen molar-refractivity contribution in [3.05, 3.63) is 23.8 Å². The Labute approximate surface area is 104 Å². The van der Waals surface area contributed by atoms with Gasteiger partial charge in [-0.1, -0.05) is 0 Å². The normalized spacial score (nSPS) is 10.1. The highest BCUT2D eigenvalue weighted by atomic mass is 16.5. The molecule has 0 aliphatic carbocycles. The van der Waals surface area contributed by atoms with Crippen molar-refractivity contribution in [1.29, 1.82) is 5.26 Å². The third-order valence-corrected chi connectivity index (χ3v) is 2.63. The van der Waals surface area contributed by atoms with Crippen molar-refractivity contribution in [3.8, 4) is 28.8 Å². The van der Waals surface area contributed by atoms with Crippen LogP contribution in [0.25, 0.3) is 11.3 Å². The molecule has 18 heavy (non-hydrogen) atoms. The molecule has 1 aromatic carbocycles. The summed E-state index contributed by atoms with van der Waals surface area (Å²) >= 11 is 0. The summed E-state index contributed by atoms with van der Waals surface area (Å²) in [6.45, 7) is 0. The van der Waals surface area contributed by atoms with E-state index in [9.17, 15) is 5.11 Å². The third kappa shape index (κ3) is 1.82. The lowest BCUT2D eigenvalue weighted by atomic mass is 10.1. The monoisotopic (exact) mass is 244 g/mol. The molecule has 0 unspecified atom stereocenters. The van der Waals surface area contributed by atoms with Gasteiger partial charge in [0.15, 0.2) is 11.5 Å². The van der Waals surface area contributed by atoms with Gasteiger partial charge in [-0.3, -0.25) is 4.68 Å². The van der Waals surface area contributed by atoms with Crippen molar-refractivity contribution in [3.63, 3.8) is 0 Å². The van der Waals surface area contributed by atoms with Gasteiger partial charge < -0.3 is 15.6 Å². The van der Waals surface area contributed by atoms with Gasteiger partial charge in [0.25, 0.3) is 0 Å². The fourth-order valence-corrected chi connectivity index (χ4v) is 1.62. The Morgan fingerprint density at radius 3 is 2.67 bits per heavy atom. The predicted octanol–water partition coefficient (Wildman–Crippen LogP) is 1.26. The van der Waals surface area contributed by atoms with Crippen molar-refractivity contribution in [2.75, 3.05) is 12.8 Å². The van der Waals surface area contributed by atoms with Crippen molar-refractivity contribution in [2.24, 2.45) is 7.05 Å². The highest BCUT2D eigenvalue weighted by Gasteiger charge is 2.13. The molecule has 6 heteroatoms. The minimum absolute atomic E-state index is 0.133. The zero-order chi connectivity index (χ0) is 13.3. The van der Waals surface area contributed by atoms with Crippen molar-refractivity contribution in [1.82, 2.24) is 9.78 Å². The number of benzene rings is 1. The van der Waals surface area contributed by atoms with Gasteiger partial charge in [-0.05, 0) is 12.1 Å². The van der Waals surface area contributed by atoms with Crippen LogP contribution in [0.5, 0.6) is 11.5 Å². The van der Waals surface area contributed by atoms with E-state index >= 15 is 0 Å². The number of aromatic hydroxyl groups is 1. The highest BCUT2D eigenvalue weighted by molar-refractivity contribution is 5.69. The number of rotatable bonds is 2. The van der Waals surface area contributed by atoms with E-state index in [2.05, 4.69) is 5.10 Å². The fourth-order valence-electron chi connectivity index (χ4n) is 1.62. The number of phenolic OH excluding ortho intramolecular Hbond substituents is 1. The summed E-state index contributed by atoms with van der Waals surface area (Å²) in [6.07, 6.45) is 0. The molecule has 0 atom stereocenters. The van der Waals surface area contributed by atoms with Gasteiger partial charge in [-0.2, -0.15) is 10.4 Å². The largest absolute Gasteiger partial charge is 0.503 e. The molecule has 0 saturated heterocycles. The molecule has 0 aliphatic rings. The molecule has 0 saturated carbocycles. The average Bonchev–Trinajstić information content (AvgIpc) is 2.70. The van der Waals surface area contributed by atoms with E-state index in [4.69, 9.17) is 15.7 Å². The fraction of sp³-hybridized carbons (Fsp3) is 0.167. The quantitative estimate of drug-likeness (QED) is 0.828. The van der Waals surface area contributed by atoms with Crippen molar-refractivity contribution < 1.29 is 9.84 Å². The van der Waals surface area contributed by atoms with E-state index in [1.54, 1.807) is 25.2 Å². The van der Waals surface area contributed by atoms with Gasteiger partial charge >= 0.3 is 0 Å². The van der Waals surface area contributed by atoms with Crippen LogP contribution in [-0.2, 0) is 7.05 Å². The predicted molar refractivity (Wildman–Crippen MR) is 66.0 cm³/mol. The van der Waals surface area contributed by atoms with Crippen LogP contribution in [0.15, 0.2) is 18.2 Å². The lowest BCUT2D eigenvalue weighted by Crippen LogP contribution is -1.96. The maximum Gasteiger partial charge on any atom is 0.175 e. The minimum atomic E-state index is -0.173. The number of aryl methyl sites for hydroxylation is 1. The Balaban J connectivity index is 2.62. The Morgan fingerprint density at radius 2 is 2.17 bits per heavy atom. The van der Waals surface area contributed by atoms with E-state index in [0.29, 0.717) is 17.1 Å². The molecule has 0 bridgehead atoms. The summed E-state index contributed by atoms with van der Waals surface area (Å²) in [6, 6.07) is 6.74. The molecule has 1 aromatic heterocycles. The number of nitrogens with zero attached hydrogens (tertiary/aromatic N) is 3. The molecule has 1 heterocycles. The number of phenols is 1. The number of methoxy groups -OCH3 is 1. The average molecular weight is 244 g/mol. The summed E-state index contributed by atoms with van der Waals surface area (Å²) in [4.78, 5) is 0. The van der Waals surface area contributed by atoms with Gasteiger partial charge in [-0.15, -0.1) is 0 Å². The number of nitriles is 1. The van der Waals surface area contributed by atoms with Gasteiger partial charge in [0.05, 0.1) is 18.4 Å². The zero-order valence-electron chi connectivity index (χ0n) is 10.0. The van der Waals surface area contributed by atoms with Crippen LogP contribution in [0, 0.1) is 11.3 Å². The summed E-state index contributed by atoms with van der Waals surface area (Å²) in [5, 5.41) is 22.9. The molecule has 92 valence electrons. The number of nitrogens with two attached hydrogens (primary N) is 1. The van der Waals surface area contributed by atoms with Crippen molar-refractivity contribution >= 4 is 5.82 Å². The minimum Gasteiger partial charge on any atom is -0.503 e. The molecule has 0 amide bonds. The number of hydrogen-bond acceptors (Lipinski definition) is 5. The van der Waals surface area contributed by atoms with Crippen LogP contribution >= 0.6 is 0 Å². The van der Waals surface area contributed by atoms with Gasteiger partial charge in [0, 0.05) is 18.7 Å².